The van der Waals surface area contributed by atoms with Crippen molar-refractivity contribution in [2.45, 2.75) is 13.0 Å². The number of hydrogen-bond donors (Lipinski definition) is 2. The molecule has 0 saturated heterocycles. The van der Waals surface area contributed by atoms with Crippen LogP contribution >= 0.6 is 12.4 Å². The van der Waals surface area contributed by atoms with Crippen molar-refractivity contribution in [2.24, 2.45) is 5.73 Å². The lowest BCUT2D eigenvalue weighted by atomic mass is 10.4. The molecule has 0 aliphatic carbocycles. The number of rotatable bonds is 1. The molecule has 0 aliphatic heterocycles. The van der Waals surface area contributed by atoms with E-state index in [1.165, 1.54) is 0 Å². The average Bonchev–Trinajstić information content (AvgIpc) is 1.38. The van der Waals surface area contributed by atoms with Crippen molar-refractivity contribution in [3.63, 3.8) is 0 Å². The third-order valence-corrected chi connectivity index (χ3v) is 0.288. The zero-order valence-electron chi connectivity index (χ0n) is 3.72. The molecule has 0 spiro atoms. The first-order valence-electron chi connectivity index (χ1n) is 1.64. The van der Waals surface area contributed by atoms with Gasteiger partial charge in [-0.1, -0.05) is 0 Å². The van der Waals surface area contributed by atoms with Crippen molar-refractivity contribution in [1.29, 1.82) is 0 Å². The highest BCUT2D eigenvalue weighted by Gasteiger charge is 1.81. The van der Waals surface area contributed by atoms with Crippen molar-refractivity contribution in [1.82, 2.24) is 0 Å². The van der Waals surface area contributed by atoms with Crippen LogP contribution in [0.15, 0.2) is 0 Å². The lowest BCUT2D eigenvalue weighted by molar-refractivity contribution is 0.273. The van der Waals surface area contributed by atoms with Crippen LogP contribution in [0.25, 0.3) is 0 Å². The summed E-state index contributed by atoms with van der Waals surface area (Å²) in [6.45, 7) is 1.83. The molecule has 0 aromatic carbocycles. The minimum Gasteiger partial charge on any atom is -0.395 e. The second-order valence-corrected chi connectivity index (χ2v) is 1.16. The molecule has 0 radical (unpaired) electrons. The maximum Gasteiger partial charge on any atom is 0.0579 e. The van der Waals surface area contributed by atoms with Gasteiger partial charge in [0.25, 0.3) is 0 Å². The summed E-state index contributed by atoms with van der Waals surface area (Å²) in [5.41, 5.74) is 5.04. The molecule has 0 heterocycles. The van der Waals surface area contributed by atoms with E-state index in [2.05, 4.69) is 0 Å². The minimum absolute atomic E-state index is 0. The Morgan fingerprint density at radius 3 is 2.00 bits per heavy atom. The fourth-order valence-corrected chi connectivity index (χ4v) is 0. The van der Waals surface area contributed by atoms with E-state index >= 15 is 0 Å². The average molecular weight is 112 g/mol. The van der Waals surface area contributed by atoms with Gasteiger partial charge in [-0.05, 0) is 6.92 Å². The topological polar surface area (TPSA) is 46.2 Å². The van der Waals surface area contributed by atoms with E-state index in [-0.39, 0.29) is 25.1 Å². The van der Waals surface area contributed by atoms with Gasteiger partial charge in [0, 0.05) is 6.04 Å². The third kappa shape index (κ3) is 8.88. The number of hydrogen-bond acceptors (Lipinski definition) is 2. The molecule has 0 fully saturated rings. The maximum atomic E-state index is 8.02. The predicted molar refractivity (Wildman–Crippen MR) is 28.0 cm³/mol. The van der Waals surface area contributed by atoms with E-state index in [0.29, 0.717) is 0 Å². The lowest BCUT2D eigenvalue weighted by Gasteiger charge is -1.91. The van der Waals surface area contributed by atoms with Crippen LogP contribution in [0, 0.1) is 0 Å². The summed E-state index contributed by atoms with van der Waals surface area (Å²) in [5.74, 6) is 0. The third-order valence-electron chi connectivity index (χ3n) is 0.288. The zero-order chi connectivity index (χ0) is 4.28. The Morgan fingerprint density at radius 2 is 2.00 bits per heavy atom. The van der Waals surface area contributed by atoms with Gasteiger partial charge in [-0.15, -0.1) is 12.4 Å². The molecule has 6 heavy (non-hydrogen) atoms. The second-order valence-electron chi connectivity index (χ2n) is 1.16. The van der Waals surface area contributed by atoms with E-state index in [1.807, 2.05) is 0 Å². The van der Waals surface area contributed by atoms with Gasteiger partial charge >= 0.3 is 0 Å². The van der Waals surface area contributed by atoms with Gasteiger partial charge in [-0.25, -0.2) is 0 Å². The van der Waals surface area contributed by atoms with Gasteiger partial charge in [0.15, 0.2) is 0 Å². The summed E-state index contributed by atoms with van der Waals surface area (Å²) in [6, 6.07) is -0.0602. The summed E-state index contributed by atoms with van der Waals surface area (Å²) in [5, 5.41) is 8.02. The number of nitrogens with two attached hydrogens (primary N) is 1. The molecular weight excluding hydrogens is 101 g/mol. The molecule has 0 aromatic rings. The monoisotopic (exact) mass is 111 g/mol. The maximum absolute atomic E-state index is 8.02. The highest BCUT2D eigenvalue weighted by Crippen LogP contribution is 1.62. The fraction of sp³-hybridized carbons (Fsp3) is 1.00. The number of aliphatic hydroxyl groups is 1. The fourth-order valence-electron chi connectivity index (χ4n) is 0. The lowest BCUT2D eigenvalue weighted by Crippen LogP contribution is -2.18. The molecule has 2 nitrogen and oxygen atoms in total. The molecular formula is C3H10ClNO. The van der Waals surface area contributed by atoms with Crippen LogP contribution in [0.3, 0.4) is 0 Å². The van der Waals surface area contributed by atoms with Gasteiger partial charge in [-0.2, -0.15) is 0 Å². The van der Waals surface area contributed by atoms with Gasteiger partial charge in [0.1, 0.15) is 0 Å². The standard InChI is InChI=1S/C3H9NO.ClH/c1-3(4)2-5;/h3,5H,2,4H2,1H3;1H. The van der Waals surface area contributed by atoms with E-state index in [4.69, 9.17) is 10.8 Å². The van der Waals surface area contributed by atoms with Crippen molar-refractivity contribution in [3.8, 4) is 0 Å². The van der Waals surface area contributed by atoms with Crippen molar-refractivity contribution >= 4 is 12.4 Å². The Labute approximate surface area is 43.8 Å². The van der Waals surface area contributed by atoms with Crippen LogP contribution in [0.4, 0.5) is 0 Å². The first kappa shape index (κ1) is 9.51. The summed E-state index contributed by atoms with van der Waals surface area (Å²) in [7, 11) is 0. The quantitative estimate of drug-likeness (QED) is 0.490. The van der Waals surface area contributed by atoms with E-state index in [1.54, 1.807) is 6.92 Å². The van der Waals surface area contributed by atoms with Crippen molar-refractivity contribution < 1.29 is 5.11 Å². The highest BCUT2D eigenvalue weighted by atomic mass is 35.5. The van der Waals surface area contributed by atoms with E-state index in [0.717, 1.165) is 0 Å². The second kappa shape index (κ2) is 5.21. The molecule has 0 saturated carbocycles. The molecule has 3 N–H and O–H groups in total. The smallest absolute Gasteiger partial charge is 0.0579 e. The van der Waals surface area contributed by atoms with Crippen LogP contribution in [0.2, 0.25) is 0 Å². The molecule has 0 amide bonds. The highest BCUT2D eigenvalue weighted by molar-refractivity contribution is 5.85. The number of aliphatic hydroxyl groups excluding tert-OH is 1. The van der Waals surface area contributed by atoms with Gasteiger partial charge < -0.3 is 10.8 Å². The Hall–Kier alpha value is 0.210. The largest absolute Gasteiger partial charge is 0.395 e. The minimum atomic E-state index is -0.0602. The zero-order valence-corrected chi connectivity index (χ0v) is 4.53. The van der Waals surface area contributed by atoms with Gasteiger partial charge in [0.05, 0.1) is 6.61 Å². The number of halogens is 1. The Bertz CT molecular complexity index is 24.8. The van der Waals surface area contributed by atoms with Crippen LogP contribution in [0.1, 0.15) is 6.92 Å². The van der Waals surface area contributed by atoms with Crippen molar-refractivity contribution in [2.75, 3.05) is 6.61 Å². The van der Waals surface area contributed by atoms with Gasteiger partial charge in [0.2, 0.25) is 0 Å². The van der Waals surface area contributed by atoms with Crippen LogP contribution in [-0.2, 0) is 0 Å². The summed E-state index contributed by atoms with van der Waals surface area (Å²) >= 11 is 0. The molecule has 1 atom stereocenters. The van der Waals surface area contributed by atoms with Crippen LogP contribution in [-0.4, -0.2) is 17.8 Å². The summed E-state index contributed by atoms with van der Waals surface area (Å²) < 4.78 is 0. The van der Waals surface area contributed by atoms with E-state index in [9.17, 15) is 0 Å². The van der Waals surface area contributed by atoms with Crippen molar-refractivity contribution in [3.05, 3.63) is 0 Å². The van der Waals surface area contributed by atoms with E-state index < -0.39 is 0 Å². The normalized spacial score (nSPS) is 12.5. The molecule has 0 aromatic heterocycles. The Kier molecular flexibility index (Phi) is 8.26. The SMILES string of the molecule is CC(N)CO.Cl. The molecule has 0 aliphatic rings. The molecule has 1 unspecified atom stereocenters. The molecule has 3 heteroatoms. The Balaban J connectivity index is 0. The van der Waals surface area contributed by atoms with Gasteiger partial charge in [-0.3, -0.25) is 0 Å². The molecule has 0 rings (SSSR count). The molecule has 0 bridgehead atoms. The summed E-state index contributed by atoms with van der Waals surface area (Å²) in [6.07, 6.45) is 0. The Morgan fingerprint density at radius 1 is 1.83 bits per heavy atom. The van der Waals surface area contributed by atoms with Crippen LogP contribution < -0.4 is 5.73 Å². The first-order valence-corrected chi connectivity index (χ1v) is 1.64. The molecule has 40 valence electrons. The summed E-state index contributed by atoms with van der Waals surface area (Å²) in [4.78, 5) is 0. The first-order chi connectivity index (χ1) is 2.27. The van der Waals surface area contributed by atoms with Crippen LogP contribution in [0.5, 0.6) is 0 Å². The predicted octanol–water partition coefficient (Wildman–Crippen LogP) is -0.252.